The van der Waals surface area contributed by atoms with Crippen molar-refractivity contribution < 1.29 is 13.9 Å². The zero-order chi connectivity index (χ0) is 25.8. The molecule has 1 aliphatic heterocycles. The van der Waals surface area contributed by atoms with Crippen molar-refractivity contribution in [2.45, 2.75) is 12.3 Å². The van der Waals surface area contributed by atoms with Crippen LogP contribution in [0.2, 0.25) is 10.0 Å². The Labute approximate surface area is 224 Å². The topological polar surface area (TPSA) is 92.2 Å². The summed E-state index contributed by atoms with van der Waals surface area (Å²) in [6.45, 7) is 1.51. The Morgan fingerprint density at radius 3 is 2.65 bits per heavy atom. The van der Waals surface area contributed by atoms with Gasteiger partial charge >= 0.3 is 0 Å². The van der Waals surface area contributed by atoms with Gasteiger partial charge < -0.3 is 14.1 Å². The monoisotopic (exact) mass is 532 g/mol. The van der Waals surface area contributed by atoms with Crippen LogP contribution in [0.25, 0.3) is 11.3 Å². The van der Waals surface area contributed by atoms with Gasteiger partial charge in [0.1, 0.15) is 17.4 Å². The van der Waals surface area contributed by atoms with E-state index in [1.54, 1.807) is 36.7 Å². The number of rotatable bonds is 7. The maximum atomic E-state index is 13.4. The van der Waals surface area contributed by atoms with Gasteiger partial charge in [0, 0.05) is 42.5 Å². The Hall–Kier alpha value is -3.86. The number of hydrogen-bond donors (Lipinski definition) is 0. The van der Waals surface area contributed by atoms with Crippen molar-refractivity contribution >= 4 is 29.1 Å². The predicted molar refractivity (Wildman–Crippen MR) is 140 cm³/mol. The summed E-state index contributed by atoms with van der Waals surface area (Å²) in [5.41, 5.74) is 2.87. The molecule has 1 amide bonds. The van der Waals surface area contributed by atoms with Crippen molar-refractivity contribution in [3.05, 3.63) is 100 Å². The van der Waals surface area contributed by atoms with E-state index in [0.29, 0.717) is 58.8 Å². The van der Waals surface area contributed by atoms with Crippen LogP contribution in [0.3, 0.4) is 0 Å². The smallest absolute Gasteiger partial charge is 0.253 e. The van der Waals surface area contributed by atoms with Gasteiger partial charge in [-0.05, 0) is 48.2 Å². The van der Waals surface area contributed by atoms with Gasteiger partial charge in [-0.15, -0.1) is 0 Å². The Kier molecular flexibility index (Phi) is 7.40. The lowest BCUT2D eigenvalue weighted by atomic mass is 9.87. The maximum absolute atomic E-state index is 13.4. The molecule has 2 aromatic heterocycles. The Morgan fingerprint density at radius 1 is 1.08 bits per heavy atom. The molecule has 0 spiro atoms. The average Bonchev–Trinajstić information content (AvgIpc) is 3.61. The molecule has 9 heteroatoms. The molecule has 7 nitrogen and oxygen atoms in total. The average molecular weight is 533 g/mol. The molecular weight excluding hydrogens is 511 g/mol. The van der Waals surface area contributed by atoms with Gasteiger partial charge in [0.05, 0.1) is 22.8 Å². The van der Waals surface area contributed by atoms with Crippen LogP contribution >= 0.6 is 23.2 Å². The third-order valence-electron chi connectivity index (χ3n) is 6.60. The standard InChI is InChI=1S/C28H22Cl2N4O3/c29-24-6-5-20(11-25(24)30)23-16-34(15-21(23)8-10-36-26-7-9-32-13-22(26)12-31)28(35)19-3-1-18(2-4-19)27-14-33-17-37-27/h1-7,9,11,13-14,17,21,23H,8,10,15-16H2. The molecule has 37 heavy (non-hydrogen) atoms. The van der Waals surface area contributed by atoms with Crippen molar-refractivity contribution in [3.63, 3.8) is 0 Å². The van der Waals surface area contributed by atoms with E-state index in [2.05, 4.69) is 16.0 Å². The number of carbonyl (C=O) groups excluding carboxylic acids is 1. The van der Waals surface area contributed by atoms with E-state index >= 15 is 0 Å². The fourth-order valence-corrected chi connectivity index (χ4v) is 4.99. The number of carbonyl (C=O) groups is 1. The van der Waals surface area contributed by atoms with E-state index in [9.17, 15) is 10.1 Å². The number of amides is 1. The van der Waals surface area contributed by atoms with Gasteiger partial charge in [0.2, 0.25) is 0 Å². The summed E-state index contributed by atoms with van der Waals surface area (Å²) in [5.74, 6) is 1.29. The number of nitriles is 1. The normalized spacial score (nSPS) is 16.9. The molecule has 4 aromatic rings. The number of nitrogens with zero attached hydrogens (tertiary/aromatic N) is 4. The second-order valence-electron chi connectivity index (χ2n) is 8.81. The Morgan fingerprint density at radius 2 is 1.92 bits per heavy atom. The summed E-state index contributed by atoms with van der Waals surface area (Å²) in [5, 5.41) is 10.3. The van der Waals surface area contributed by atoms with Gasteiger partial charge in [0.25, 0.3) is 5.91 Å². The van der Waals surface area contributed by atoms with Crippen molar-refractivity contribution in [2.75, 3.05) is 19.7 Å². The number of aromatic nitrogens is 2. The maximum Gasteiger partial charge on any atom is 0.253 e. The van der Waals surface area contributed by atoms with Crippen molar-refractivity contribution in [1.29, 1.82) is 5.26 Å². The quantitative estimate of drug-likeness (QED) is 0.279. The molecule has 1 aliphatic rings. The Bertz CT molecular complexity index is 1430. The van der Waals surface area contributed by atoms with Crippen LogP contribution in [-0.2, 0) is 0 Å². The number of oxazole rings is 1. The number of hydrogen-bond acceptors (Lipinski definition) is 6. The summed E-state index contributed by atoms with van der Waals surface area (Å²) in [6.07, 6.45) is 6.78. The van der Waals surface area contributed by atoms with Crippen LogP contribution < -0.4 is 4.74 Å². The van der Waals surface area contributed by atoms with Crippen molar-refractivity contribution in [3.8, 4) is 23.1 Å². The lowest BCUT2D eigenvalue weighted by molar-refractivity contribution is 0.0784. The van der Waals surface area contributed by atoms with Crippen LogP contribution in [0.4, 0.5) is 0 Å². The molecule has 0 aliphatic carbocycles. The molecule has 2 aromatic carbocycles. The first-order valence-corrected chi connectivity index (χ1v) is 12.5. The fourth-order valence-electron chi connectivity index (χ4n) is 4.68. The van der Waals surface area contributed by atoms with Crippen molar-refractivity contribution in [1.82, 2.24) is 14.9 Å². The molecule has 3 heterocycles. The fraction of sp³-hybridized carbons (Fsp3) is 0.214. The summed E-state index contributed by atoms with van der Waals surface area (Å²) in [6, 6.07) is 16.7. The molecule has 5 rings (SSSR count). The van der Waals surface area contributed by atoms with Crippen LogP contribution in [0.5, 0.6) is 5.75 Å². The van der Waals surface area contributed by atoms with E-state index in [-0.39, 0.29) is 17.7 Å². The molecule has 0 N–H and O–H groups in total. The summed E-state index contributed by atoms with van der Waals surface area (Å²) in [4.78, 5) is 23.2. The summed E-state index contributed by atoms with van der Waals surface area (Å²) in [7, 11) is 0. The highest BCUT2D eigenvalue weighted by Crippen LogP contribution is 2.38. The highest BCUT2D eigenvalue weighted by molar-refractivity contribution is 6.42. The first-order valence-electron chi connectivity index (χ1n) is 11.7. The minimum atomic E-state index is -0.0431. The van der Waals surface area contributed by atoms with Gasteiger partial charge in [0.15, 0.2) is 12.2 Å². The SMILES string of the molecule is N#Cc1cnccc1OCCC1CN(C(=O)c2ccc(-c3cnco3)cc2)CC1c1ccc(Cl)c(Cl)c1. The highest BCUT2D eigenvalue weighted by Gasteiger charge is 2.36. The third kappa shape index (κ3) is 5.46. The lowest BCUT2D eigenvalue weighted by Crippen LogP contribution is -2.29. The highest BCUT2D eigenvalue weighted by atomic mass is 35.5. The number of benzene rings is 2. The van der Waals surface area contributed by atoms with Gasteiger partial charge in [-0.2, -0.15) is 5.26 Å². The largest absolute Gasteiger partial charge is 0.492 e. The van der Waals surface area contributed by atoms with E-state index < -0.39 is 0 Å². The third-order valence-corrected chi connectivity index (χ3v) is 7.34. The molecule has 0 bridgehead atoms. The van der Waals surface area contributed by atoms with Crippen LogP contribution in [0.1, 0.15) is 33.8 Å². The number of ether oxygens (including phenoxy) is 1. The molecule has 0 saturated carbocycles. The molecule has 2 atom stereocenters. The van der Waals surface area contributed by atoms with Gasteiger partial charge in [-0.1, -0.05) is 41.4 Å². The molecule has 1 saturated heterocycles. The zero-order valence-corrected chi connectivity index (χ0v) is 21.2. The lowest BCUT2D eigenvalue weighted by Gasteiger charge is -2.19. The first-order chi connectivity index (χ1) is 18.0. The molecule has 1 fully saturated rings. The minimum Gasteiger partial charge on any atom is -0.492 e. The predicted octanol–water partition coefficient (Wildman–Crippen LogP) is 6.24. The van der Waals surface area contributed by atoms with Crippen LogP contribution in [0.15, 0.2) is 77.9 Å². The summed E-state index contributed by atoms with van der Waals surface area (Å²) >= 11 is 12.5. The molecule has 186 valence electrons. The van der Waals surface area contributed by atoms with E-state index in [1.165, 1.54) is 12.6 Å². The number of likely N-dealkylation sites (tertiary alicyclic amines) is 1. The minimum absolute atomic E-state index is 0.0431. The van der Waals surface area contributed by atoms with Crippen molar-refractivity contribution in [2.24, 2.45) is 5.92 Å². The van der Waals surface area contributed by atoms with Crippen LogP contribution in [0, 0.1) is 17.2 Å². The van der Waals surface area contributed by atoms with E-state index in [4.69, 9.17) is 32.4 Å². The Balaban J connectivity index is 1.33. The van der Waals surface area contributed by atoms with Gasteiger partial charge in [-0.3, -0.25) is 9.78 Å². The zero-order valence-electron chi connectivity index (χ0n) is 19.7. The van der Waals surface area contributed by atoms with E-state index in [0.717, 1.165) is 11.1 Å². The van der Waals surface area contributed by atoms with Crippen LogP contribution in [-0.4, -0.2) is 40.5 Å². The number of pyridine rings is 1. The molecule has 2 unspecified atom stereocenters. The first kappa shape index (κ1) is 24.8. The second kappa shape index (κ2) is 11.0. The van der Waals surface area contributed by atoms with E-state index in [1.807, 2.05) is 29.2 Å². The summed E-state index contributed by atoms with van der Waals surface area (Å²) < 4.78 is 11.3. The number of halogens is 2. The molecule has 0 radical (unpaired) electrons. The molecular formula is C28H22Cl2N4O3. The second-order valence-corrected chi connectivity index (χ2v) is 9.63. The van der Waals surface area contributed by atoms with Gasteiger partial charge in [-0.25, -0.2) is 4.98 Å².